The Bertz CT molecular complexity index is 531. The van der Waals surface area contributed by atoms with Gasteiger partial charge in [0.05, 0.1) is 21.3 Å². The van der Waals surface area contributed by atoms with Gasteiger partial charge in [0.25, 0.3) is 5.91 Å². The first kappa shape index (κ1) is 16.9. The Hall–Kier alpha value is -1.43. The van der Waals surface area contributed by atoms with Crippen LogP contribution in [0.2, 0.25) is 0 Å². The van der Waals surface area contributed by atoms with E-state index in [9.17, 15) is 4.79 Å². The number of amides is 1. The maximum atomic E-state index is 11.9. The van der Waals surface area contributed by atoms with Crippen molar-refractivity contribution in [3.63, 3.8) is 0 Å². The highest BCUT2D eigenvalue weighted by molar-refractivity contribution is 7.13. The summed E-state index contributed by atoms with van der Waals surface area (Å²) < 4.78 is 0. The summed E-state index contributed by atoms with van der Waals surface area (Å²) in [7, 11) is 0. The van der Waals surface area contributed by atoms with Crippen molar-refractivity contribution < 1.29 is 9.63 Å². The van der Waals surface area contributed by atoms with E-state index in [4.69, 9.17) is 4.84 Å². The first-order valence-electron chi connectivity index (χ1n) is 7.96. The van der Waals surface area contributed by atoms with E-state index >= 15 is 0 Å². The molecule has 1 aliphatic carbocycles. The van der Waals surface area contributed by atoms with Gasteiger partial charge in [-0.2, -0.15) is 0 Å². The molecule has 6 heteroatoms. The van der Waals surface area contributed by atoms with Crippen molar-refractivity contribution in [1.82, 2.24) is 10.3 Å². The second-order valence-corrected chi connectivity index (χ2v) is 7.06. The molecule has 5 nitrogen and oxygen atoms in total. The molecular weight excluding hydrogens is 298 g/mol. The molecule has 1 amide bonds. The second-order valence-electron chi connectivity index (χ2n) is 5.85. The smallest absolute Gasteiger partial charge is 0.260 e. The molecule has 0 saturated heterocycles. The average Bonchev–Trinajstić information content (AvgIpc) is 2.65. The van der Waals surface area contributed by atoms with Crippen molar-refractivity contribution >= 4 is 23.0 Å². The van der Waals surface area contributed by atoms with Crippen molar-refractivity contribution in [2.75, 3.05) is 6.61 Å². The molecule has 0 bridgehead atoms. The number of carbonyl (C=O) groups excluding carboxylic acids is 1. The third kappa shape index (κ3) is 5.09. The fourth-order valence-electron chi connectivity index (χ4n) is 2.79. The van der Waals surface area contributed by atoms with Crippen molar-refractivity contribution in [1.29, 1.82) is 0 Å². The molecule has 1 fully saturated rings. The van der Waals surface area contributed by atoms with Crippen molar-refractivity contribution in [2.45, 2.75) is 65.3 Å². The van der Waals surface area contributed by atoms with Gasteiger partial charge in [-0.25, -0.2) is 4.98 Å². The van der Waals surface area contributed by atoms with Gasteiger partial charge in [-0.3, -0.25) is 4.79 Å². The van der Waals surface area contributed by atoms with E-state index in [1.165, 1.54) is 25.7 Å². The Labute approximate surface area is 136 Å². The lowest BCUT2D eigenvalue weighted by atomic mass is 10.1. The van der Waals surface area contributed by atoms with Gasteiger partial charge in [0, 0.05) is 6.04 Å². The molecule has 0 spiro atoms. The zero-order valence-corrected chi connectivity index (χ0v) is 14.5. The quantitative estimate of drug-likeness (QED) is 0.513. The SMILES string of the molecule is C/C(=N\OCC(=O)NC1CCCCCC1)c1sc(C)nc1C. The zero-order valence-electron chi connectivity index (χ0n) is 13.6. The summed E-state index contributed by atoms with van der Waals surface area (Å²) in [5, 5.41) is 8.10. The van der Waals surface area contributed by atoms with E-state index in [0.717, 1.165) is 34.1 Å². The zero-order chi connectivity index (χ0) is 15.9. The number of thiazole rings is 1. The Balaban J connectivity index is 1.78. The molecule has 1 aromatic rings. The van der Waals surface area contributed by atoms with E-state index in [1.54, 1.807) is 11.3 Å². The number of nitrogens with one attached hydrogen (secondary N) is 1. The van der Waals surface area contributed by atoms with E-state index in [2.05, 4.69) is 15.5 Å². The number of aromatic nitrogens is 1. The van der Waals surface area contributed by atoms with Gasteiger partial charge < -0.3 is 10.2 Å². The number of oxime groups is 1. The topological polar surface area (TPSA) is 63.6 Å². The van der Waals surface area contributed by atoms with E-state index in [-0.39, 0.29) is 12.5 Å². The number of hydrogen-bond donors (Lipinski definition) is 1. The molecule has 0 aliphatic heterocycles. The van der Waals surface area contributed by atoms with Crippen LogP contribution in [0.5, 0.6) is 0 Å². The lowest BCUT2D eigenvalue weighted by Crippen LogP contribution is -2.36. The number of nitrogens with zero attached hydrogens (tertiary/aromatic N) is 2. The number of hydrogen-bond acceptors (Lipinski definition) is 5. The van der Waals surface area contributed by atoms with Crippen LogP contribution in [-0.4, -0.2) is 29.3 Å². The third-order valence-corrected chi connectivity index (χ3v) is 5.03. The largest absolute Gasteiger partial charge is 0.385 e. The van der Waals surface area contributed by atoms with Gasteiger partial charge in [-0.1, -0.05) is 30.8 Å². The molecule has 0 aromatic carbocycles. The van der Waals surface area contributed by atoms with Crippen LogP contribution >= 0.6 is 11.3 Å². The lowest BCUT2D eigenvalue weighted by Gasteiger charge is -2.15. The number of rotatable bonds is 5. The minimum atomic E-state index is -0.0827. The highest BCUT2D eigenvalue weighted by Gasteiger charge is 2.15. The Morgan fingerprint density at radius 3 is 2.59 bits per heavy atom. The van der Waals surface area contributed by atoms with Crippen LogP contribution in [0.3, 0.4) is 0 Å². The van der Waals surface area contributed by atoms with E-state index in [0.29, 0.717) is 6.04 Å². The highest BCUT2D eigenvalue weighted by Crippen LogP contribution is 2.18. The second kappa shape index (κ2) is 8.27. The maximum Gasteiger partial charge on any atom is 0.260 e. The predicted octanol–water partition coefficient (Wildman–Crippen LogP) is 3.34. The highest BCUT2D eigenvalue weighted by atomic mass is 32.1. The Morgan fingerprint density at radius 2 is 2.00 bits per heavy atom. The molecule has 0 atom stereocenters. The van der Waals surface area contributed by atoms with Gasteiger partial charge in [-0.15, -0.1) is 11.3 Å². The minimum Gasteiger partial charge on any atom is -0.385 e. The summed E-state index contributed by atoms with van der Waals surface area (Å²) in [6.45, 7) is 5.78. The normalized spacial score (nSPS) is 17.1. The Morgan fingerprint density at radius 1 is 1.32 bits per heavy atom. The summed E-state index contributed by atoms with van der Waals surface area (Å²) >= 11 is 1.59. The van der Waals surface area contributed by atoms with Crippen molar-refractivity contribution in [3.8, 4) is 0 Å². The molecule has 1 aliphatic rings. The number of carbonyl (C=O) groups is 1. The van der Waals surface area contributed by atoms with Crippen molar-refractivity contribution in [2.24, 2.45) is 5.16 Å². The molecule has 1 aromatic heterocycles. The van der Waals surface area contributed by atoms with E-state index < -0.39 is 0 Å². The van der Waals surface area contributed by atoms with Crippen LogP contribution < -0.4 is 5.32 Å². The van der Waals surface area contributed by atoms with Crippen LogP contribution in [0.4, 0.5) is 0 Å². The Kier molecular flexibility index (Phi) is 6.36. The lowest BCUT2D eigenvalue weighted by molar-refractivity contribution is -0.126. The first-order chi connectivity index (χ1) is 10.6. The summed E-state index contributed by atoms with van der Waals surface area (Å²) in [5.41, 5.74) is 1.72. The fraction of sp³-hybridized carbons (Fsp3) is 0.688. The summed E-state index contributed by atoms with van der Waals surface area (Å²) in [4.78, 5) is 22.5. The minimum absolute atomic E-state index is 0.0231. The standard InChI is InChI=1S/C16H25N3O2S/c1-11-16(22-13(3)17-11)12(2)19-21-10-15(20)18-14-8-6-4-5-7-9-14/h14H,4-10H2,1-3H3,(H,18,20)/b19-12+. The molecule has 1 saturated carbocycles. The van der Waals surface area contributed by atoms with Gasteiger partial charge in [-0.05, 0) is 33.6 Å². The predicted molar refractivity (Wildman–Crippen MR) is 89.4 cm³/mol. The van der Waals surface area contributed by atoms with Crippen LogP contribution in [-0.2, 0) is 9.63 Å². The number of aryl methyl sites for hydroxylation is 2. The molecular formula is C16H25N3O2S. The van der Waals surface area contributed by atoms with Crippen LogP contribution in [0.25, 0.3) is 0 Å². The molecule has 1 N–H and O–H groups in total. The van der Waals surface area contributed by atoms with Crippen molar-refractivity contribution in [3.05, 3.63) is 15.6 Å². The average molecular weight is 323 g/mol. The van der Waals surface area contributed by atoms with Crippen LogP contribution in [0, 0.1) is 13.8 Å². The first-order valence-corrected chi connectivity index (χ1v) is 8.78. The molecule has 0 unspecified atom stereocenters. The maximum absolute atomic E-state index is 11.9. The monoisotopic (exact) mass is 323 g/mol. The fourth-order valence-corrected chi connectivity index (χ4v) is 3.65. The molecule has 2 rings (SSSR count). The van der Waals surface area contributed by atoms with Gasteiger partial charge >= 0.3 is 0 Å². The molecule has 1 heterocycles. The van der Waals surface area contributed by atoms with Gasteiger partial charge in [0.2, 0.25) is 0 Å². The molecule has 0 radical (unpaired) electrons. The summed E-state index contributed by atoms with van der Waals surface area (Å²) in [5.74, 6) is -0.0827. The van der Waals surface area contributed by atoms with Gasteiger partial charge in [0.15, 0.2) is 6.61 Å². The van der Waals surface area contributed by atoms with E-state index in [1.807, 2.05) is 20.8 Å². The summed E-state index contributed by atoms with van der Waals surface area (Å²) in [6.07, 6.45) is 7.11. The molecule has 122 valence electrons. The third-order valence-electron chi connectivity index (χ3n) is 3.85. The molecule has 22 heavy (non-hydrogen) atoms. The van der Waals surface area contributed by atoms with Crippen LogP contribution in [0.1, 0.15) is 61.0 Å². The van der Waals surface area contributed by atoms with Crippen LogP contribution in [0.15, 0.2) is 5.16 Å². The summed E-state index contributed by atoms with van der Waals surface area (Å²) in [6, 6.07) is 0.301. The van der Waals surface area contributed by atoms with Gasteiger partial charge in [0.1, 0.15) is 0 Å².